The summed E-state index contributed by atoms with van der Waals surface area (Å²) in [5.41, 5.74) is 3.99. The number of aliphatic imine (C=N–C) groups is 1. The van der Waals surface area contributed by atoms with Gasteiger partial charge in [-0.1, -0.05) is 36.4 Å². The minimum Gasteiger partial charge on any atom is -0.374 e. The molecule has 0 aliphatic carbocycles. The molecule has 5 heteroatoms. The summed E-state index contributed by atoms with van der Waals surface area (Å²) in [5.74, 6) is 0.526. The summed E-state index contributed by atoms with van der Waals surface area (Å²) in [7, 11) is 1.73. The number of hydrogen-bond donors (Lipinski definition) is 2. The smallest absolute Gasteiger partial charge is 0.191 e. The van der Waals surface area contributed by atoms with Crippen molar-refractivity contribution in [2.24, 2.45) is 4.99 Å². The Morgan fingerprint density at radius 3 is 2.15 bits per heavy atom. The first-order valence-corrected chi connectivity index (χ1v) is 8.87. The third kappa shape index (κ3) is 6.48. The van der Waals surface area contributed by atoms with Gasteiger partial charge in [0.05, 0.1) is 12.7 Å². The van der Waals surface area contributed by atoms with Crippen LogP contribution in [0.2, 0.25) is 0 Å². The fourth-order valence-corrected chi connectivity index (χ4v) is 2.43. The summed E-state index contributed by atoms with van der Waals surface area (Å²) in [6.07, 6.45) is 0.232. The van der Waals surface area contributed by atoms with Gasteiger partial charge in [-0.05, 0) is 49.1 Å². The second kappa shape index (κ2) is 9.92. The van der Waals surface area contributed by atoms with Gasteiger partial charge in [0.15, 0.2) is 5.96 Å². The van der Waals surface area contributed by atoms with Crippen LogP contribution in [0.3, 0.4) is 0 Å². The molecule has 0 aromatic heterocycles. The lowest BCUT2D eigenvalue weighted by Gasteiger charge is -2.13. The topological polar surface area (TPSA) is 45.7 Å². The van der Waals surface area contributed by atoms with Gasteiger partial charge in [0.25, 0.3) is 0 Å². The van der Waals surface area contributed by atoms with Gasteiger partial charge in [-0.2, -0.15) is 0 Å². The third-order valence-corrected chi connectivity index (χ3v) is 3.97. The zero-order valence-electron chi connectivity index (χ0n) is 16.0. The summed E-state index contributed by atoms with van der Waals surface area (Å²) in [6.45, 7) is 7.72. The van der Waals surface area contributed by atoms with Crippen LogP contribution in [-0.4, -0.2) is 19.1 Å². The molecule has 2 rings (SSSR count). The molecule has 2 N–H and O–H groups in total. The molecule has 0 bridgehead atoms. The van der Waals surface area contributed by atoms with Gasteiger partial charge >= 0.3 is 0 Å². The van der Waals surface area contributed by atoms with E-state index in [-0.39, 0.29) is 11.9 Å². The predicted octanol–water partition coefficient (Wildman–Crippen LogP) is 3.92. The largest absolute Gasteiger partial charge is 0.374 e. The van der Waals surface area contributed by atoms with Gasteiger partial charge in [0.1, 0.15) is 5.82 Å². The van der Waals surface area contributed by atoms with Crippen LogP contribution in [0.15, 0.2) is 47.5 Å². The van der Waals surface area contributed by atoms with E-state index < -0.39 is 0 Å². The first-order chi connectivity index (χ1) is 12.5. The molecule has 4 nitrogen and oxygen atoms in total. The summed E-state index contributed by atoms with van der Waals surface area (Å²) < 4.78 is 18.9. The van der Waals surface area contributed by atoms with E-state index in [0.29, 0.717) is 31.2 Å². The Balaban J connectivity index is 1.81. The quantitative estimate of drug-likeness (QED) is 0.583. The zero-order chi connectivity index (χ0) is 18.9. The Morgan fingerprint density at radius 1 is 1.00 bits per heavy atom. The molecular formula is C21H28FN3O. The van der Waals surface area contributed by atoms with Crippen molar-refractivity contribution >= 4 is 5.96 Å². The summed E-state index contributed by atoms with van der Waals surface area (Å²) in [4.78, 5) is 4.22. The van der Waals surface area contributed by atoms with Crippen molar-refractivity contribution in [1.29, 1.82) is 0 Å². The number of nitrogens with zero attached hydrogens (tertiary/aromatic N) is 1. The van der Waals surface area contributed by atoms with Gasteiger partial charge in [-0.15, -0.1) is 0 Å². The van der Waals surface area contributed by atoms with Crippen molar-refractivity contribution in [2.75, 3.05) is 7.05 Å². The molecule has 0 radical (unpaired) electrons. The second-order valence-corrected chi connectivity index (χ2v) is 6.54. The molecule has 0 aliphatic rings. The highest BCUT2D eigenvalue weighted by Gasteiger charge is 2.02. The van der Waals surface area contributed by atoms with Crippen LogP contribution in [0.1, 0.15) is 36.1 Å². The molecule has 0 aliphatic heterocycles. The molecule has 2 aromatic carbocycles. The Labute approximate surface area is 155 Å². The van der Waals surface area contributed by atoms with Crippen LogP contribution in [-0.2, 0) is 24.4 Å². The Hall–Kier alpha value is -2.40. The molecule has 0 fully saturated rings. The SMILES string of the molecule is CN=C(NCc1ccc(COC(C)C)cc1)NCc1ccc(F)c(C)c1. The maximum Gasteiger partial charge on any atom is 0.191 e. The molecule has 140 valence electrons. The normalized spacial score (nSPS) is 11.7. The lowest BCUT2D eigenvalue weighted by Crippen LogP contribution is -2.36. The molecule has 0 saturated carbocycles. The van der Waals surface area contributed by atoms with Crippen LogP contribution < -0.4 is 10.6 Å². The third-order valence-electron chi connectivity index (χ3n) is 3.97. The molecule has 2 aromatic rings. The van der Waals surface area contributed by atoms with Crippen molar-refractivity contribution in [3.8, 4) is 0 Å². The molecule has 0 saturated heterocycles. The fourth-order valence-electron chi connectivity index (χ4n) is 2.43. The molecular weight excluding hydrogens is 329 g/mol. The first kappa shape index (κ1) is 19.9. The van der Waals surface area contributed by atoms with Crippen molar-refractivity contribution in [3.05, 3.63) is 70.5 Å². The second-order valence-electron chi connectivity index (χ2n) is 6.54. The van der Waals surface area contributed by atoms with Crippen molar-refractivity contribution in [1.82, 2.24) is 10.6 Å². The van der Waals surface area contributed by atoms with E-state index in [4.69, 9.17) is 4.74 Å². The number of guanidine groups is 1. The standard InChI is InChI=1S/C21H28FN3O/c1-15(2)26-14-18-7-5-17(6-8-18)12-24-21(23-4)25-13-19-9-10-20(22)16(3)11-19/h5-11,15H,12-14H2,1-4H3,(H2,23,24,25). The molecule has 0 atom stereocenters. The van der Waals surface area contributed by atoms with E-state index in [1.54, 1.807) is 20.0 Å². The van der Waals surface area contributed by atoms with Crippen LogP contribution in [0.5, 0.6) is 0 Å². The zero-order valence-corrected chi connectivity index (χ0v) is 16.0. The highest BCUT2D eigenvalue weighted by atomic mass is 19.1. The van der Waals surface area contributed by atoms with E-state index in [9.17, 15) is 4.39 Å². The van der Waals surface area contributed by atoms with Gasteiger partial charge in [0.2, 0.25) is 0 Å². The lowest BCUT2D eigenvalue weighted by molar-refractivity contribution is 0.0657. The fraction of sp³-hybridized carbons (Fsp3) is 0.381. The van der Waals surface area contributed by atoms with Crippen LogP contribution in [0.25, 0.3) is 0 Å². The van der Waals surface area contributed by atoms with Gasteiger partial charge in [-0.3, -0.25) is 4.99 Å². The van der Waals surface area contributed by atoms with Gasteiger partial charge in [0, 0.05) is 20.1 Å². The molecule has 0 amide bonds. The van der Waals surface area contributed by atoms with Gasteiger partial charge in [-0.25, -0.2) is 4.39 Å². The maximum atomic E-state index is 13.3. The Kier molecular flexibility index (Phi) is 7.60. The van der Waals surface area contributed by atoms with Gasteiger partial charge < -0.3 is 15.4 Å². The predicted molar refractivity (Wildman–Crippen MR) is 105 cm³/mol. The molecule has 0 spiro atoms. The Bertz CT molecular complexity index is 727. The average Bonchev–Trinajstić information content (AvgIpc) is 2.64. The molecule has 0 heterocycles. The van der Waals surface area contributed by atoms with Crippen LogP contribution in [0.4, 0.5) is 4.39 Å². The number of aryl methyl sites for hydroxylation is 1. The van der Waals surface area contributed by atoms with Crippen LogP contribution in [0, 0.1) is 12.7 Å². The maximum absolute atomic E-state index is 13.3. The van der Waals surface area contributed by atoms with E-state index in [0.717, 1.165) is 11.1 Å². The number of halogens is 1. The van der Waals surface area contributed by atoms with E-state index in [2.05, 4.69) is 39.9 Å². The number of rotatable bonds is 7. The average molecular weight is 357 g/mol. The first-order valence-electron chi connectivity index (χ1n) is 8.87. The van der Waals surface area contributed by atoms with Crippen molar-refractivity contribution in [2.45, 2.75) is 46.6 Å². The summed E-state index contributed by atoms with van der Waals surface area (Å²) in [6, 6.07) is 13.4. The molecule has 0 unspecified atom stereocenters. The number of hydrogen-bond acceptors (Lipinski definition) is 2. The lowest BCUT2D eigenvalue weighted by atomic mass is 10.1. The van der Waals surface area contributed by atoms with E-state index >= 15 is 0 Å². The minimum atomic E-state index is -0.182. The highest BCUT2D eigenvalue weighted by molar-refractivity contribution is 5.79. The van der Waals surface area contributed by atoms with Crippen molar-refractivity contribution < 1.29 is 9.13 Å². The highest BCUT2D eigenvalue weighted by Crippen LogP contribution is 2.09. The molecule has 26 heavy (non-hydrogen) atoms. The Morgan fingerprint density at radius 2 is 1.58 bits per heavy atom. The number of benzene rings is 2. The number of nitrogens with one attached hydrogen (secondary N) is 2. The van der Waals surface area contributed by atoms with E-state index in [1.165, 1.54) is 11.6 Å². The number of ether oxygens (including phenoxy) is 1. The van der Waals surface area contributed by atoms with E-state index in [1.807, 2.05) is 19.9 Å². The monoisotopic (exact) mass is 357 g/mol. The minimum absolute atomic E-state index is 0.182. The van der Waals surface area contributed by atoms with Crippen molar-refractivity contribution in [3.63, 3.8) is 0 Å². The summed E-state index contributed by atoms with van der Waals surface area (Å²) in [5, 5.41) is 6.53. The summed E-state index contributed by atoms with van der Waals surface area (Å²) >= 11 is 0. The van der Waals surface area contributed by atoms with Crippen LogP contribution >= 0.6 is 0 Å².